The zero-order chi connectivity index (χ0) is 11.0. The minimum atomic E-state index is 0.109. The minimum absolute atomic E-state index is 0.109. The van der Waals surface area contributed by atoms with Crippen molar-refractivity contribution in [1.29, 1.82) is 0 Å². The smallest absolute Gasteiger partial charge is 0.226 e. The molecule has 0 N–H and O–H groups in total. The lowest BCUT2D eigenvalue weighted by Crippen LogP contribution is -2.28. The molecule has 0 aromatic heterocycles. The molecule has 0 atom stereocenters. The number of carbonyl (C=O) groups excluding carboxylic acids is 1. The van der Waals surface area contributed by atoms with Crippen LogP contribution >= 0.6 is 23.2 Å². The van der Waals surface area contributed by atoms with Gasteiger partial charge >= 0.3 is 0 Å². The number of amides is 1. The van der Waals surface area contributed by atoms with Crippen molar-refractivity contribution in [2.75, 3.05) is 11.4 Å². The van der Waals surface area contributed by atoms with Gasteiger partial charge in [0.15, 0.2) is 0 Å². The molecule has 4 heteroatoms. The molecule has 1 aliphatic rings. The first-order chi connectivity index (χ1) is 7.13. The summed E-state index contributed by atoms with van der Waals surface area (Å²) in [5, 5.41) is 1.20. The first kappa shape index (κ1) is 10.8. The molecule has 0 bridgehead atoms. The fourth-order valence-corrected chi connectivity index (χ4v) is 2.53. The summed E-state index contributed by atoms with van der Waals surface area (Å²) in [5.41, 5.74) is 1.90. The van der Waals surface area contributed by atoms with Crippen LogP contribution in [0.25, 0.3) is 0 Å². The van der Waals surface area contributed by atoms with E-state index in [0.29, 0.717) is 23.0 Å². The molecule has 0 radical (unpaired) electrons. The SMILES string of the molecule is CCC(=O)N1CCc2cc(Cl)cc(Cl)c21. The molecule has 80 valence electrons. The number of benzene rings is 1. The molecule has 1 aromatic carbocycles. The fraction of sp³-hybridized carbons (Fsp3) is 0.364. The molecule has 2 rings (SSSR count). The molecule has 2 nitrogen and oxygen atoms in total. The predicted octanol–water partition coefficient (Wildman–Crippen LogP) is 3.29. The summed E-state index contributed by atoms with van der Waals surface area (Å²) in [4.78, 5) is 13.4. The number of hydrogen-bond acceptors (Lipinski definition) is 1. The molecule has 0 spiro atoms. The molecular formula is C11H11Cl2NO. The van der Waals surface area contributed by atoms with Gasteiger partial charge < -0.3 is 4.90 Å². The van der Waals surface area contributed by atoms with Gasteiger partial charge in [0.2, 0.25) is 5.91 Å². The van der Waals surface area contributed by atoms with Gasteiger partial charge in [-0.25, -0.2) is 0 Å². The van der Waals surface area contributed by atoms with E-state index in [1.807, 2.05) is 13.0 Å². The third-order valence-electron chi connectivity index (χ3n) is 2.59. The van der Waals surface area contributed by atoms with Crippen LogP contribution in [0.4, 0.5) is 5.69 Å². The third-order valence-corrected chi connectivity index (χ3v) is 3.09. The molecule has 0 fully saturated rings. The largest absolute Gasteiger partial charge is 0.310 e. The Balaban J connectivity index is 2.46. The monoisotopic (exact) mass is 243 g/mol. The average molecular weight is 244 g/mol. The van der Waals surface area contributed by atoms with E-state index >= 15 is 0 Å². The second kappa shape index (κ2) is 4.03. The maximum Gasteiger partial charge on any atom is 0.226 e. The summed E-state index contributed by atoms with van der Waals surface area (Å²) >= 11 is 12.0. The molecule has 1 aromatic rings. The first-order valence-corrected chi connectivity index (χ1v) is 5.67. The highest BCUT2D eigenvalue weighted by Gasteiger charge is 2.26. The highest BCUT2D eigenvalue weighted by Crippen LogP contribution is 2.37. The zero-order valence-corrected chi connectivity index (χ0v) is 9.90. The van der Waals surface area contributed by atoms with Gasteiger partial charge in [-0.05, 0) is 24.1 Å². The molecule has 0 saturated carbocycles. The van der Waals surface area contributed by atoms with E-state index in [0.717, 1.165) is 17.7 Å². The Bertz CT molecular complexity index is 417. The van der Waals surface area contributed by atoms with Crippen LogP contribution in [-0.4, -0.2) is 12.5 Å². The molecule has 1 aliphatic heterocycles. The molecule has 0 saturated heterocycles. The summed E-state index contributed by atoms with van der Waals surface area (Å²) < 4.78 is 0. The van der Waals surface area contributed by atoms with Crippen molar-refractivity contribution in [1.82, 2.24) is 0 Å². The highest BCUT2D eigenvalue weighted by molar-refractivity contribution is 6.37. The zero-order valence-electron chi connectivity index (χ0n) is 8.39. The summed E-state index contributed by atoms with van der Waals surface area (Å²) in [7, 11) is 0. The van der Waals surface area contributed by atoms with E-state index in [4.69, 9.17) is 23.2 Å². The summed E-state index contributed by atoms with van der Waals surface area (Å²) in [6, 6.07) is 3.56. The summed E-state index contributed by atoms with van der Waals surface area (Å²) in [6.07, 6.45) is 1.33. The quantitative estimate of drug-likeness (QED) is 0.742. The topological polar surface area (TPSA) is 20.3 Å². The van der Waals surface area contributed by atoms with Gasteiger partial charge in [-0.1, -0.05) is 30.1 Å². The van der Waals surface area contributed by atoms with Gasteiger partial charge in [-0.2, -0.15) is 0 Å². The Morgan fingerprint density at radius 3 is 2.87 bits per heavy atom. The van der Waals surface area contributed by atoms with Gasteiger partial charge in [0.1, 0.15) is 0 Å². The maximum absolute atomic E-state index is 11.6. The van der Waals surface area contributed by atoms with Gasteiger partial charge in [0, 0.05) is 18.0 Å². The van der Waals surface area contributed by atoms with Crippen LogP contribution in [0.15, 0.2) is 12.1 Å². The van der Waals surface area contributed by atoms with Crippen LogP contribution in [-0.2, 0) is 11.2 Å². The minimum Gasteiger partial charge on any atom is -0.310 e. The van der Waals surface area contributed by atoms with E-state index in [2.05, 4.69) is 0 Å². The highest BCUT2D eigenvalue weighted by atomic mass is 35.5. The Kier molecular flexibility index (Phi) is 2.89. The van der Waals surface area contributed by atoms with Crippen molar-refractivity contribution in [3.05, 3.63) is 27.7 Å². The number of anilines is 1. The van der Waals surface area contributed by atoms with Crippen molar-refractivity contribution in [2.45, 2.75) is 19.8 Å². The van der Waals surface area contributed by atoms with E-state index < -0.39 is 0 Å². The Morgan fingerprint density at radius 2 is 2.20 bits per heavy atom. The fourth-order valence-electron chi connectivity index (χ4n) is 1.90. The number of nitrogens with zero attached hydrogens (tertiary/aromatic N) is 1. The van der Waals surface area contributed by atoms with E-state index in [1.165, 1.54) is 0 Å². The number of carbonyl (C=O) groups is 1. The summed E-state index contributed by atoms with van der Waals surface area (Å²) in [6.45, 7) is 2.56. The Morgan fingerprint density at radius 1 is 1.47 bits per heavy atom. The molecule has 0 aliphatic carbocycles. The third kappa shape index (κ3) is 1.84. The lowest BCUT2D eigenvalue weighted by molar-refractivity contribution is -0.118. The summed E-state index contributed by atoms with van der Waals surface area (Å²) in [5.74, 6) is 0.109. The van der Waals surface area contributed by atoms with Crippen LogP contribution < -0.4 is 4.90 Å². The van der Waals surface area contributed by atoms with E-state index in [9.17, 15) is 4.79 Å². The maximum atomic E-state index is 11.6. The van der Waals surface area contributed by atoms with Crippen molar-refractivity contribution >= 4 is 34.8 Å². The van der Waals surface area contributed by atoms with E-state index in [-0.39, 0.29) is 5.91 Å². The van der Waals surface area contributed by atoms with Gasteiger partial charge in [-0.15, -0.1) is 0 Å². The lowest BCUT2D eigenvalue weighted by atomic mass is 10.2. The van der Waals surface area contributed by atoms with Crippen LogP contribution in [0, 0.1) is 0 Å². The number of fused-ring (bicyclic) bond motifs is 1. The molecule has 1 heterocycles. The van der Waals surface area contributed by atoms with Crippen molar-refractivity contribution < 1.29 is 4.79 Å². The van der Waals surface area contributed by atoms with Crippen LogP contribution in [0.1, 0.15) is 18.9 Å². The Hall–Kier alpha value is -0.730. The van der Waals surface area contributed by atoms with Crippen molar-refractivity contribution in [3.63, 3.8) is 0 Å². The number of halogens is 2. The second-order valence-electron chi connectivity index (χ2n) is 3.54. The second-order valence-corrected chi connectivity index (χ2v) is 4.39. The van der Waals surface area contributed by atoms with E-state index in [1.54, 1.807) is 11.0 Å². The normalized spacial score (nSPS) is 14.2. The molecular weight excluding hydrogens is 233 g/mol. The molecule has 0 unspecified atom stereocenters. The number of hydrogen-bond donors (Lipinski definition) is 0. The van der Waals surface area contributed by atoms with Crippen LogP contribution in [0.3, 0.4) is 0 Å². The van der Waals surface area contributed by atoms with Crippen LogP contribution in [0.2, 0.25) is 10.0 Å². The molecule has 15 heavy (non-hydrogen) atoms. The molecule has 1 amide bonds. The first-order valence-electron chi connectivity index (χ1n) is 4.91. The Labute approximate surface area is 98.8 Å². The predicted molar refractivity (Wildman–Crippen MR) is 62.8 cm³/mol. The van der Waals surface area contributed by atoms with Gasteiger partial charge in [-0.3, -0.25) is 4.79 Å². The van der Waals surface area contributed by atoms with Crippen LogP contribution in [0.5, 0.6) is 0 Å². The lowest BCUT2D eigenvalue weighted by Gasteiger charge is -2.17. The number of rotatable bonds is 1. The van der Waals surface area contributed by atoms with Crippen molar-refractivity contribution in [3.8, 4) is 0 Å². The standard InChI is InChI=1S/C11H11Cl2NO/c1-2-10(15)14-4-3-7-5-8(12)6-9(13)11(7)14/h5-6H,2-4H2,1H3. The van der Waals surface area contributed by atoms with Gasteiger partial charge in [0.25, 0.3) is 0 Å². The average Bonchev–Trinajstić information content (AvgIpc) is 2.60. The van der Waals surface area contributed by atoms with Gasteiger partial charge in [0.05, 0.1) is 10.7 Å². The van der Waals surface area contributed by atoms with Crippen molar-refractivity contribution in [2.24, 2.45) is 0 Å².